The van der Waals surface area contributed by atoms with Crippen molar-refractivity contribution in [3.63, 3.8) is 0 Å². The number of hydrazone groups is 1. The predicted molar refractivity (Wildman–Crippen MR) is 146 cm³/mol. The number of nitriles is 1. The monoisotopic (exact) mass is 632 g/mol. The lowest BCUT2D eigenvalue weighted by atomic mass is 10.1. The second-order valence-corrected chi connectivity index (χ2v) is 8.75. The van der Waals surface area contributed by atoms with Gasteiger partial charge in [-0.25, -0.2) is 4.98 Å². The number of nitrogens with one attached hydrogen (secondary N) is 1. The normalized spacial score (nSPS) is 10.7. The largest absolute Gasteiger partial charge is 0.490 e. The Kier molecular flexibility index (Phi) is 9.46. The molecule has 13 nitrogen and oxygen atoms in total. The molecule has 3 aromatic rings. The molecule has 0 bridgehead atoms. The standard InChI is InChI=1S/C24H21IN6O7/c1-4-37-22-9-15(12-27-29-24-18(11-26)16(13-36-3)7-14(2)28-24)8-19(25)23(22)38-21-6-5-17(30(32)33)10-20(21)31(34)35/h5-10,12H,4,13H2,1-3H3,(H,28,29)/b27-12-. The van der Waals surface area contributed by atoms with E-state index in [4.69, 9.17) is 14.2 Å². The molecule has 1 aromatic heterocycles. The maximum Gasteiger partial charge on any atom is 0.318 e. The Hall–Kier alpha value is -4.36. The number of ether oxygens (including phenoxy) is 3. The summed E-state index contributed by atoms with van der Waals surface area (Å²) >= 11 is 1.98. The van der Waals surface area contributed by atoms with Gasteiger partial charge in [0.05, 0.1) is 38.9 Å². The molecule has 14 heteroatoms. The Labute approximate surface area is 230 Å². The Morgan fingerprint density at radius 2 is 1.95 bits per heavy atom. The number of anilines is 1. The van der Waals surface area contributed by atoms with E-state index in [1.54, 1.807) is 32.0 Å². The van der Waals surface area contributed by atoms with Gasteiger partial charge in [0.2, 0.25) is 5.75 Å². The number of hydrogen-bond donors (Lipinski definition) is 1. The zero-order chi connectivity index (χ0) is 27.8. The highest BCUT2D eigenvalue weighted by Gasteiger charge is 2.23. The highest BCUT2D eigenvalue weighted by atomic mass is 127. The number of hydrogen-bond acceptors (Lipinski definition) is 11. The number of aryl methyl sites for hydroxylation is 1. The number of pyridine rings is 1. The van der Waals surface area contributed by atoms with E-state index in [9.17, 15) is 25.5 Å². The minimum absolute atomic E-state index is 0.177. The van der Waals surface area contributed by atoms with Gasteiger partial charge in [-0.2, -0.15) is 10.4 Å². The topological polar surface area (TPSA) is 175 Å². The molecular weight excluding hydrogens is 611 g/mol. The van der Waals surface area contributed by atoms with Crippen molar-refractivity contribution in [2.24, 2.45) is 5.10 Å². The summed E-state index contributed by atoms with van der Waals surface area (Å²) in [7, 11) is 1.53. The Balaban J connectivity index is 1.93. The van der Waals surface area contributed by atoms with Crippen molar-refractivity contribution in [2.45, 2.75) is 20.5 Å². The van der Waals surface area contributed by atoms with Crippen LogP contribution in [0.15, 0.2) is 41.5 Å². The zero-order valence-corrected chi connectivity index (χ0v) is 22.6. The van der Waals surface area contributed by atoms with Gasteiger partial charge in [0, 0.05) is 24.4 Å². The SMILES string of the molecule is CCOc1cc(/C=N\Nc2nc(C)cc(COC)c2C#N)cc(I)c1Oc1ccc([N+](=O)[O-])cc1[N+](=O)[O-]. The van der Waals surface area contributed by atoms with Crippen molar-refractivity contribution in [3.05, 3.63) is 82.6 Å². The van der Waals surface area contributed by atoms with Crippen LogP contribution in [0.2, 0.25) is 0 Å². The number of methoxy groups -OCH3 is 1. The number of halogens is 1. The zero-order valence-electron chi connectivity index (χ0n) is 20.4. The third kappa shape index (κ3) is 6.69. The van der Waals surface area contributed by atoms with Gasteiger partial charge >= 0.3 is 5.69 Å². The van der Waals surface area contributed by atoms with Gasteiger partial charge in [0.15, 0.2) is 17.3 Å². The van der Waals surface area contributed by atoms with Crippen LogP contribution >= 0.6 is 22.6 Å². The highest BCUT2D eigenvalue weighted by Crippen LogP contribution is 2.41. The molecule has 3 rings (SSSR count). The second kappa shape index (κ2) is 12.7. The number of aromatic nitrogens is 1. The van der Waals surface area contributed by atoms with E-state index in [1.165, 1.54) is 19.4 Å². The molecule has 2 aromatic carbocycles. The summed E-state index contributed by atoms with van der Waals surface area (Å²) in [5.41, 5.74) is 4.07. The molecule has 0 saturated carbocycles. The first kappa shape index (κ1) is 28.2. The van der Waals surface area contributed by atoms with Gasteiger partial charge in [-0.3, -0.25) is 25.7 Å². The molecule has 0 saturated heterocycles. The molecule has 0 radical (unpaired) electrons. The van der Waals surface area contributed by atoms with Gasteiger partial charge < -0.3 is 14.2 Å². The molecular formula is C24H21IN6O7. The van der Waals surface area contributed by atoms with Crippen LogP contribution in [0.25, 0.3) is 0 Å². The minimum Gasteiger partial charge on any atom is -0.490 e. The van der Waals surface area contributed by atoms with E-state index >= 15 is 0 Å². The molecule has 1 heterocycles. The highest BCUT2D eigenvalue weighted by molar-refractivity contribution is 14.1. The number of nitro benzene ring substituents is 2. The van der Waals surface area contributed by atoms with E-state index in [1.807, 2.05) is 22.6 Å². The van der Waals surface area contributed by atoms with Crippen LogP contribution in [0.3, 0.4) is 0 Å². The summed E-state index contributed by atoms with van der Waals surface area (Å²) in [6, 6.07) is 10.3. The average molecular weight is 632 g/mol. The first-order valence-corrected chi connectivity index (χ1v) is 12.0. The van der Waals surface area contributed by atoms with E-state index < -0.39 is 21.2 Å². The Bertz CT molecular complexity index is 1460. The molecule has 0 spiro atoms. The fraction of sp³-hybridized carbons (Fsp3) is 0.208. The maximum atomic E-state index is 11.5. The van der Waals surface area contributed by atoms with Crippen molar-refractivity contribution in [3.8, 4) is 23.3 Å². The summed E-state index contributed by atoms with van der Waals surface area (Å²) in [6.07, 6.45) is 1.49. The number of nitro groups is 2. The van der Waals surface area contributed by atoms with Crippen molar-refractivity contribution in [1.82, 2.24) is 4.98 Å². The summed E-state index contributed by atoms with van der Waals surface area (Å²) in [4.78, 5) is 25.4. The van der Waals surface area contributed by atoms with Crippen molar-refractivity contribution >= 4 is 46.0 Å². The van der Waals surface area contributed by atoms with Crippen LogP contribution in [0, 0.1) is 42.1 Å². The quantitative estimate of drug-likeness (QED) is 0.124. The Morgan fingerprint density at radius 3 is 2.58 bits per heavy atom. The number of nitrogens with zero attached hydrogens (tertiary/aromatic N) is 5. The molecule has 196 valence electrons. The van der Waals surface area contributed by atoms with Crippen LogP contribution in [0.5, 0.6) is 17.2 Å². The van der Waals surface area contributed by atoms with Crippen molar-refractivity contribution in [2.75, 3.05) is 19.1 Å². The fourth-order valence-corrected chi connectivity index (χ4v) is 4.10. The molecule has 0 atom stereocenters. The average Bonchev–Trinajstić information content (AvgIpc) is 2.86. The third-order valence-corrected chi connectivity index (χ3v) is 5.72. The van der Waals surface area contributed by atoms with Crippen LogP contribution in [0.4, 0.5) is 17.2 Å². The van der Waals surface area contributed by atoms with E-state index in [0.717, 1.165) is 12.1 Å². The second-order valence-electron chi connectivity index (χ2n) is 7.59. The summed E-state index contributed by atoms with van der Waals surface area (Å²) in [5, 5.41) is 36.3. The molecule has 0 unspecified atom stereocenters. The van der Waals surface area contributed by atoms with Crippen molar-refractivity contribution in [1.29, 1.82) is 5.26 Å². The first-order chi connectivity index (χ1) is 18.2. The third-order valence-electron chi connectivity index (χ3n) is 4.92. The lowest BCUT2D eigenvalue weighted by molar-refractivity contribution is -0.394. The molecule has 0 amide bonds. The molecule has 38 heavy (non-hydrogen) atoms. The maximum absolute atomic E-state index is 11.5. The van der Waals surface area contributed by atoms with Gasteiger partial charge in [-0.1, -0.05) is 0 Å². The van der Waals surface area contributed by atoms with Crippen LogP contribution in [-0.4, -0.2) is 34.8 Å². The summed E-state index contributed by atoms with van der Waals surface area (Å²) in [5.74, 6) is 0.582. The first-order valence-electron chi connectivity index (χ1n) is 10.9. The Morgan fingerprint density at radius 1 is 1.18 bits per heavy atom. The number of non-ortho nitro benzene ring substituents is 1. The number of rotatable bonds is 11. The lowest BCUT2D eigenvalue weighted by Gasteiger charge is -2.14. The van der Waals surface area contributed by atoms with E-state index in [2.05, 4.69) is 21.6 Å². The van der Waals surface area contributed by atoms with Gasteiger partial charge in [0.1, 0.15) is 11.6 Å². The predicted octanol–water partition coefficient (Wildman–Crippen LogP) is 5.47. The van der Waals surface area contributed by atoms with Crippen molar-refractivity contribution < 1.29 is 24.1 Å². The molecule has 0 aliphatic heterocycles. The smallest absolute Gasteiger partial charge is 0.318 e. The fourth-order valence-electron chi connectivity index (χ4n) is 3.37. The van der Waals surface area contributed by atoms with E-state index in [-0.39, 0.29) is 36.3 Å². The minimum atomic E-state index is -0.755. The molecule has 1 N–H and O–H groups in total. The van der Waals surface area contributed by atoms with Gasteiger partial charge in [-0.05, 0) is 66.3 Å². The molecule has 0 aliphatic carbocycles. The van der Waals surface area contributed by atoms with Crippen LogP contribution in [0.1, 0.15) is 29.3 Å². The molecule has 0 fully saturated rings. The van der Waals surface area contributed by atoms with Crippen LogP contribution in [-0.2, 0) is 11.3 Å². The van der Waals surface area contributed by atoms with Crippen LogP contribution < -0.4 is 14.9 Å². The molecule has 0 aliphatic rings. The summed E-state index contributed by atoms with van der Waals surface area (Å²) in [6.45, 7) is 4.07. The van der Waals surface area contributed by atoms with Gasteiger partial charge in [0.25, 0.3) is 5.69 Å². The number of benzene rings is 2. The summed E-state index contributed by atoms with van der Waals surface area (Å²) < 4.78 is 17.2. The van der Waals surface area contributed by atoms with E-state index in [0.29, 0.717) is 26.0 Å². The van der Waals surface area contributed by atoms with Gasteiger partial charge in [-0.15, -0.1) is 0 Å². The lowest BCUT2D eigenvalue weighted by Crippen LogP contribution is -2.04.